The fourth-order valence-electron chi connectivity index (χ4n) is 11.6. The van der Waals surface area contributed by atoms with Gasteiger partial charge in [0.1, 0.15) is 0 Å². The number of hydrogen-bond acceptors (Lipinski definition) is 4. The van der Waals surface area contributed by atoms with Crippen LogP contribution in [0.25, 0.3) is 89.0 Å². The predicted octanol–water partition coefficient (Wildman–Crippen LogP) is 17.7. The normalized spacial score (nSPS) is 13.6. The maximum atomic E-state index is 11.6. The van der Waals surface area contributed by atoms with Crippen molar-refractivity contribution in [1.29, 1.82) is 0 Å². The first-order valence-corrected chi connectivity index (χ1v) is 28.7. The predicted molar refractivity (Wildman–Crippen MR) is 345 cm³/mol. The molecule has 0 fully saturated rings. The summed E-state index contributed by atoms with van der Waals surface area (Å²) in [4.78, 5) is 20.3. The molecule has 11 aromatic rings. The Kier molecular flexibility index (Phi) is 16.0. The first-order chi connectivity index (χ1) is 39.1. The van der Waals surface area contributed by atoms with Gasteiger partial charge in [0.25, 0.3) is 0 Å². The zero-order chi connectivity index (χ0) is 57.7. The third kappa shape index (κ3) is 11.7. The molecule has 0 amide bonds. The number of carbonyl (C=O) groups is 1. The van der Waals surface area contributed by atoms with Crippen molar-refractivity contribution in [2.24, 2.45) is 0 Å². The zero-order valence-corrected chi connectivity index (χ0v) is 50.6. The molecule has 0 radical (unpaired) electrons. The smallest absolute Gasteiger partial charge is 0.449 e. The minimum absolute atomic E-state index is 0. The van der Waals surface area contributed by atoms with Crippen LogP contribution in [-0.4, -0.2) is 15.9 Å². The average molecular weight is 1080 g/mol. The first-order valence-electron chi connectivity index (χ1n) is 28.7. The third-order valence-corrected chi connectivity index (χ3v) is 16.1. The molecule has 14 rings (SSSR count). The Balaban J connectivity index is 0.000000148. The molecule has 5 heteroatoms. The Morgan fingerprint density at radius 1 is 0.422 bits per heavy atom. The number of aromatic nitrogens is 2. The minimum Gasteiger partial charge on any atom is -0.449 e. The van der Waals surface area contributed by atoms with Crippen molar-refractivity contribution < 1.29 is 28.4 Å². The molecule has 3 heterocycles. The Bertz CT molecular complexity index is 3990. The quantitative estimate of drug-likeness (QED) is 0.101. The molecule has 0 spiro atoms. The number of cyclic esters (lactones) is 1. The summed E-state index contributed by atoms with van der Waals surface area (Å²) >= 11 is 0. The number of benzene rings is 9. The zero-order valence-electron chi connectivity index (χ0n) is 50.6. The summed E-state index contributed by atoms with van der Waals surface area (Å²) in [6.07, 6.45) is 11.5. The fraction of sp³-hybridized carbons (Fsp3) is 0.218. The summed E-state index contributed by atoms with van der Waals surface area (Å²) in [6, 6.07) is 67.2. The number of esters is 1. The van der Waals surface area contributed by atoms with Crippen LogP contribution in [0.5, 0.6) is 0 Å². The molecule has 83 heavy (non-hydrogen) atoms. The summed E-state index contributed by atoms with van der Waals surface area (Å²) in [6.45, 7) is 27.7. The summed E-state index contributed by atoms with van der Waals surface area (Å²) in [5.41, 5.74) is 21.6. The van der Waals surface area contributed by atoms with Crippen LogP contribution in [0.4, 0.5) is 0 Å². The number of nitrogens with zero attached hydrogens (tertiary/aromatic N) is 2. The number of fused-ring (bicyclic) bond motifs is 5. The molecular formula is C78H73LiN2O2. The van der Waals surface area contributed by atoms with Gasteiger partial charge in [-0.2, -0.15) is 36.4 Å². The van der Waals surface area contributed by atoms with E-state index in [2.05, 4.69) is 233 Å². The number of hydrogen-bond donors (Lipinski definition) is 0. The van der Waals surface area contributed by atoms with Gasteiger partial charge in [-0.3, -0.25) is 9.97 Å². The molecule has 1 unspecified atom stereocenters. The van der Waals surface area contributed by atoms with Crippen LogP contribution in [0.2, 0.25) is 0 Å². The van der Waals surface area contributed by atoms with E-state index in [9.17, 15) is 4.79 Å². The van der Waals surface area contributed by atoms with Crippen LogP contribution >= 0.6 is 0 Å². The minimum atomic E-state index is -0.308. The van der Waals surface area contributed by atoms with Crippen molar-refractivity contribution in [3.8, 4) is 44.5 Å². The Morgan fingerprint density at radius 2 is 0.843 bits per heavy atom. The van der Waals surface area contributed by atoms with Gasteiger partial charge in [0.05, 0.1) is 5.56 Å². The van der Waals surface area contributed by atoms with Crippen LogP contribution in [0.15, 0.2) is 207 Å². The van der Waals surface area contributed by atoms with E-state index in [0.717, 1.165) is 11.1 Å². The maximum Gasteiger partial charge on any atom is 1.00 e. The Labute approximate surface area is 503 Å². The number of rotatable bonds is 3. The molecule has 0 bridgehead atoms. The van der Waals surface area contributed by atoms with Crippen molar-refractivity contribution in [2.75, 3.05) is 0 Å². The van der Waals surface area contributed by atoms with E-state index in [1.165, 1.54) is 110 Å². The third-order valence-electron chi connectivity index (χ3n) is 16.1. The maximum absolute atomic E-state index is 11.6. The van der Waals surface area contributed by atoms with Crippen LogP contribution in [-0.2, 0) is 26.4 Å². The molecule has 408 valence electrons. The van der Waals surface area contributed by atoms with Crippen LogP contribution in [0, 0.1) is 6.07 Å². The largest absolute Gasteiger partial charge is 1.00 e. The summed E-state index contributed by atoms with van der Waals surface area (Å²) < 4.78 is 5.34. The monoisotopic (exact) mass is 1080 g/mol. The second-order valence-corrected chi connectivity index (χ2v) is 26.1. The molecule has 9 aromatic carbocycles. The van der Waals surface area contributed by atoms with E-state index in [0.29, 0.717) is 5.56 Å². The van der Waals surface area contributed by atoms with E-state index in [-0.39, 0.29) is 52.6 Å². The molecular weight excluding hydrogens is 1000 g/mol. The van der Waals surface area contributed by atoms with Crippen molar-refractivity contribution in [3.05, 3.63) is 263 Å². The van der Waals surface area contributed by atoms with Gasteiger partial charge < -0.3 is 4.74 Å². The Hall–Kier alpha value is -8.13. The van der Waals surface area contributed by atoms with Crippen molar-refractivity contribution in [2.45, 2.75) is 111 Å². The molecule has 0 saturated carbocycles. The fourth-order valence-corrected chi connectivity index (χ4v) is 11.6. The average Bonchev–Trinajstić information content (AvgIpc) is 2.10. The first kappa shape index (κ1) is 58.1. The van der Waals surface area contributed by atoms with Gasteiger partial charge in [-0.1, -0.05) is 223 Å². The van der Waals surface area contributed by atoms with Gasteiger partial charge in [-0.25, -0.2) is 4.79 Å². The van der Waals surface area contributed by atoms with E-state index >= 15 is 0 Å². The van der Waals surface area contributed by atoms with E-state index in [1.807, 2.05) is 66.9 Å². The molecule has 3 aliphatic rings. The molecule has 1 aliphatic heterocycles. The molecule has 0 saturated heterocycles. The Morgan fingerprint density at radius 3 is 1.30 bits per heavy atom. The van der Waals surface area contributed by atoms with Crippen molar-refractivity contribution in [3.63, 3.8) is 0 Å². The summed E-state index contributed by atoms with van der Waals surface area (Å²) in [7, 11) is 0. The van der Waals surface area contributed by atoms with Crippen LogP contribution in [0.1, 0.15) is 144 Å². The van der Waals surface area contributed by atoms with Gasteiger partial charge in [-0.15, -0.1) is 0 Å². The summed E-state index contributed by atoms with van der Waals surface area (Å²) in [5, 5.41) is 7.96. The summed E-state index contributed by atoms with van der Waals surface area (Å²) in [5.74, 6) is -0.272. The van der Waals surface area contributed by atoms with E-state index in [1.54, 1.807) is 18.5 Å². The standard InChI is InChI=1S/C39H35N.C20H24.C13H9NO2.C6H5.Li/c1-38(2,3)27-19-26-20-28(39(4,5)6)22-31-33(26)30(21-27)36-34(24-13-9-7-10-14-24)29-17-18-40-23-32(29)35(37(31)36)25-15-11-8-12-16-25;1-19(2,3)16-9-13-7-8-14-10-17(20(4,5)6)12-15(11-16)18(13)14;15-13-10-6-7-14-8-11(10)12(16-13)9-4-2-1-3-5-9;1-2-4-6-5-3-1;/h7-23H,1-6H3;7-12H,1-6H3;1-8,12H;1-5H;/q;;;-1;+1. The van der Waals surface area contributed by atoms with Gasteiger partial charge in [-0.05, 0) is 156 Å². The number of carbonyl (C=O) groups excluding carboxylic acids is 1. The number of ether oxygens (including phenoxy) is 1. The van der Waals surface area contributed by atoms with Gasteiger partial charge in [0.15, 0.2) is 6.10 Å². The van der Waals surface area contributed by atoms with Gasteiger partial charge in [0, 0.05) is 35.7 Å². The van der Waals surface area contributed by atoms with Gasteiger partial charge in [0.2, 0.25) is 0 Å². The molecule has 2 aliphatic carbocycles. The second-order valence-electron chi connectivity index (χ2n) is 26.1. The van der Waals surface area contributed by atoms with E-state index < -0.39 is 0 Å². The number of pyridine rings is 2. The van der Waals surface area contributed by atoms with Crippen LogP contribution in [0.3, 0.4) is 0 Å². The molecule has 0 N–H and O–H groups in total. The van der Waals surface area contributed by atoms with Crippen molar-refractivity contribution >= 4 is 50.4 Å². The molecule has 1 atom stereocenters. The topological polar surface area (TPSA) is 52.1 Å². The van der Waals surface area contributed by atoms with Crippen LogP contribution < -0.4 is 18.9 Å². The van der Waals surface area contributed by atoms with Gasteiger partial charge >= 0.3 is 24.8 Å². The molecule has 2 aromatic heterocycles. The van der Waals surface area contributed by atoms with Crippen molar-refractivity contribution in [1.82, 2.24) is 9.97 Å². The second kappa shape index (κ2) is 22.9. The van der Waals surface area contributed by atoms with E-state index in [4.69, 9.17) is 4.74 Å². The SMILES string of the molecule is CC(C)(C)c1cc2c3c(cc(C(C)(C)C)cc3c1)-c1c-2c(-c2ccccc2)c2ccncc2c1-c1ccccc1.CC(C)(C)c1cc2c3c(cc(C(C)(C)C)cc3c1)C=C2.O=C1OC(c2ccccc2)c2cnccc21.[Li+].[c-]1ccccc1. The molecule has 4 nitrogen and oxygen atoms in total.